The molecule has 0 radical (unpaired) electrons. The van der Waals surface area contributed by atoms with Crippen LogP contribution in [0.2, 0.25) is 0 Å². The van der Waals surface area contributed by atoms with Gasteiger partial charge in [-0.1, -0.05) is 0 Å². The third-order valence-electron chi connectivity index (χ3n) is 2.78. The summed E-state index contributed by atoms with van der Waals surface area (Å²) >= 11 is 0. The molecule has 3 rings (SSSR count). The molecule has 1 aromatic rings. The lowest BCUT2D eigenvalue weighted by Gasteiger charge is -2.07. The summed E-state index contributed by atoms with van der Waals surface area (Å²) in [6, 6.07) is 10.2. The molecule has 0 saturated heterocycles. The Labute approximate surface area is 84.7 Å². The van der Waals surface area contributed by atoms with Gasteiger partial charge in [-0.2, -0.15) is 0 Å². The molecule has 2 aliphatic rings. The summed E-state index contributed by atoms with van der Waals surface area (Å²) in [6.45, 7) is 0. The summed E-state index contributed by atoms with van der Waals surface area (Å²) in [5, 5.41) is 6.97. The fourth-order valence-corrected chi connectivity index (χ4v) is 1.59. The van der Waals surface area contributed by atoms with E-state index in [9.17, 15) is 0 Å². The third-order valence-corrected chi connectivity index (χ3v) is 2.78. The highest BCUT2D eigenvalue weighted by molar-refractivity contribution is 5.55. The van der Waals surface area contributed by atoms with Gasteiger partial charge in [-0.3, -0.25) is 0 Å². The maximum Gasteiger partial charge on any atom is 0.0343 e. The second-order valence-corrected chi connectivity index (χ2v) is 4.41. The van der Waals surface area contributed by atoms with Gasteiger partial charge < -0.3 is 10.6 Å². The molecule has 2 saturated carbocycles. The molecule has 0 heterocycles. The van der Waals surface area contributed by atoms with E-state index < -0.39 is 0 Å². The van der Waals surface area contributed by atoms with Crippen LogP contribution in [0.1, 0.15) is 25.7 Å². The number of benzene rings is 1. The smallest absolute Gasteiger partial charge is 0.0343 e. The molecular formula is C12H16N2. The van der Waals surface area contributed by atoms with Crippen molar-refractivity contribution in [1.82, 2.24) is 0 Å². The van der Waals surface area contributed by atoms with Gasteiger partial charge in [0.05, 0.1) is 0 Å². The van der Waals surface area contributed by atoms with E-state index in [0.29, 0.717) is 0 Å². The third kappa shape index (κ3) is 2.00. The van der Waals surface area contributed by atoms with Crippen molar-refractivity contribution in [3.63, 3.8) is 0 Å². The minimum Gasteiger partial charge on any atom is -0.382 e. The van der Waals surface area contributed by atoms with Gasteiger partial charge in [0, 0.05) is 23.5 Å². The molecule has 1 aromatic carbocycles. The quantitative estimate of drug-likeness (QED) is 0.759. The SMILES string of the molecule is c1cc(NC2CC2)ccc1NC1CC1. The zero-order chi connectivity index (χ0) is 9.38. The van der Waals surface area contributed by atoms with Gasteiger partial charge in [0.2, 0.25) is 0 Å². The number of rotatable bonds is 4. The normalized spacial score (nSPS) is 20.6. The zero-order valence-electron chi connectivity index (χ0n) is 8.29. The van der Waals surface area contributed by atoms with Crippen molar-refractivity contribution in [3.05, 3.63) is 24.3 Å². The van der Waals surface area contributed by atoms with Gasteiger partial charge in [0.25, 0.3) is 0 Å². The fraction of sp³-hybridized carbons (Fsp3) is 0.500. The number of anilines is 2. The second kappa shape index (κ2) is 3.19. The first kappa shape index (κ1) is 8.16. The highest BCUT2D eigenvalue weighted by atomic mass is 15.0. The van der Waals surface area contributed by atoms with Gasteiger partial charge in [-0.05, 0) is 49.9 Å². The van der Waals surface area contributed by atoms with E-state index in [1.807, 2.05) is 0 Å². The molecule has 14 heavy (non-hydrogen) atoms. The van der Waals surface area contributed by atoms with Crippen LogP contribution in [0, 0.1) is 0 Å². The van der Waals surface area contributed by atoms with Crippen molar-refractivity contribution >= 4 is 11.4 Å². The minimum atomic E-state index is 0.747. The van der Waals surface area contributed by atoms with Gasteiger partial charge in [-0.15, -0.1) is 0 Å². The Bertz CT molecular complexity index is 277. The van der Waals surface area contributed by atoms with Crippen molar-refractivity contribution in [1.29, 1.82) is 0 Å². The van der Waals surface area contributed by atoms with E-state index >= 15 is 0 Å². The van der Waals surface area contributed by atoms with Crippen LogP contribution in [0.5, 0.6) is 0 Å². The molecule has 0 aromatic heterocycles. The van der Waals surface area contributed by atoms with E-state index in [-0.39, 0.29) is 0 Å². The Kier molecular flexibility index (Phi) is 1.86. The highest BCUT2D eigenvalue weighted by Gasteiger charge is 2.21. The first-order valence-corrected chi connectivity index (χ1v) is 5.53. The topological polar surface area (TPSA) is 24.1 Å². The fourth-order valence-electron chi connectivity index (χ4n) is 1.59. The highest BCUT2D eigenvalue weighted by Crippen LogP contribution is 2.27. The molecule has 0 aliphatic heterocycles. The van der Waals surface area contributed by atoms with E-state index in [1.165, 1.54) is 37.1 Å². The summed E-state index contributed by atoms with van der Waals surface area (Å²) in [4.78, 5) is 0. The molecule has 0 atom stereocenters. The second-order valence-electron chi connectivity index (χ2n) is 4.41. The van der Waals surface area contributed by atoms with Crippen LogP contribution in [0.3, 0.4) is 0 Å². The molecule has 2 nitrogen and oxygen atoms in total. The van der Waals surface area contributed by atoms with E-state index in [4.69, 9.17) is 0 Å². The molecule has 0 bridgehead atoms. The van der Waals surface area contributed by atoms with Crippen LogP contribution >= 0.6 is 0 Å². The van der Waals surface area contributed by atoms with E-state index in [2.05, 4.69) is 34.9 Å². The van der Waals surface area contributed by atoms with Crippen molar-refractivity contribution < 1.29 is 0 Å². The summed E-state index contributed by atoms with van der Waals surface area (Å²) in [7, 11) is 0. The maximum absolute atomic E-state index is 3.48. The molecule has 0 unspecified atom stereocenters. The lowest BCUT2D eigenvalue weighted by Crippen LogP contribution is -2.02. The molecule has 2 fully saturated rings. The maximum atomic E-state index is 3.48. The number of nitrogens with one attached hydrogen (secondary N) is 2. The summed E-state index contributed by atoms with van der Waals surface area (Å²) in [5.74, 6) is 0. The van der Waals surface area contributed by atoms with Crippen LogP contribution < -0.4 is 10.6 Å². The molecular weight excluding hydrogens is 172 g/mol. The predicted octanol–water partition coefficient (Wildman–Crippen LogP) is 2.84. The Morgan fingerprint density at radius 2 is 1.07 bits per heavy atom. The minimum absolute atomic E-state index is 0.747. The summed E-state index contributed by atoms with van der Waals surface area (Å²) in [5.41, 5.74) is 2.52. The van der Waals surface area contributed by atoms with Gasteiger partial charge >= 0.3 is 0 Å². The monoisotopic (exact) mass is 188 g/mol. The van der Waals surface area contributed by atoms with Gasteiger partial charge in [0.15, 0.2) is 0 Å². The van der Waals surface area contributed by atoms with Gasteiger partial charge in [0.1, 0.15) is 0 Å². The van der Waals surface area contributed by atoms with Crippen LogP contribution in [0.25, 0.3) is 0 Å². The summed E-state index contributed by atoms with van der Waals surface area (Å²) in [6.07, 6.45) is 5.34. The molecule has 0 spiro atoms. The van der Waals surface area contributed by atoms with E-state index in [0.717, 1.165) is 12.1 Å². The van der Waals surface area contributed by atoms with Crippen LogP contribution in [-0.4, -0.2) is 12.1 Å². The Morgan fingerprint density at radius 1 is 0.714 bits per heavy atom. The summed E-state index contributed by atoms with van der Waals surface area (Å²) < 4.78 is 0. The first-order chi connectivity index (χ1) is 6.90. The standard InChI is InChI=1S/C12H16N2/c1-2-10(14-12-7-8-12)4-3-9(1)13-11-5-6-11/h1-4,11-14H,5-8H2. The molecule has 74 valence electrons. The lowest BCUT2D eigenvalue weighted by molar-refractivity contribution is 1.14. The van der Waals surface area contributed by atoms with Crippen LogP contribution in [0.15, 0.2) is 24.3 Å². The van der Waals surface area contributed by atoms with Crippen molar-refractivity contribution in [2.45, 2.75) is 37.8 Å². The number of hydrogen-bond donors (Lipinski definition) is 2. The average Bonchev–Trinajstić information content (AvgIpc) is 3.02. The lowest BCUT2D eigenvalue weighted by atomic mass is 10.2. The van der Waals surface area contributed by atoms with Gasteiger partial charge in [-0.25, -0.2) is 0 Å². The zero-order valence-corrected chi connectivity index (χ0v) is 8.29. The first-order valence-electron chi connectivity index (χ1n) is 5.53. The van der Waals surface area contributed by atoms with Crippen molar-refractivity contribution in [2.75, 3.05) is 10.6 Å². The van der Waals surface area contributed by atoms with Crippen molar-refractivity contribution in [3.8, 4) is 0 Å². The molecule has 0 amide bonds. The van der Waals surface area contributed by atoms with E-state index in [1.54, 1.807) is 0 Å². The number of hydrogen-bond acceptors (Lipinski definition) is 2. The molecule has 2 aliphatic carbocycles. The Morgan fingerprint density at radius 3 is 1.36 bits per heavy atom. The largest absolute Gasteiger partial charge is 0.382 e. The molecule has 2 N–H and O–H groups in total. The Hall–Kier alpha value is -1.18. The van der Waals surface area contributed by atoms with Crippen LogP contribution in [-0.2, 0) is 0 Å². The average molecular weight is 188 g/mol. The predicted molar refractivity (Wildman–Crippen MR) is 59.7 cm³/mol. The Balaban J connectivity index is 1.62. The molecule has 2 heteroatoms. The van der Waals surface area contributed by atoms with Crippen molar-refractivity contribution in [2.24, 2.45) is 0 Å². The van der Waals surface area contributed by atoms with Crippen LogP contribution in [0.4, 0.5) is 11.4 Å².